The molecule has 7 nitrogen and oxygen atoms in total. The lowest BCUT2D eigenvalue weighted by atomic mass is 10.1. The monoisotopic (exact) mass is 410 g/mol. The summed E-state index contributed by atoms with van der Waals surface area (Å²) in [6, 6.07) is 12.9. The Balaban J connectivity index is 1.32. The molecule has 0 saturated heterocycles. The van der Waals surface area contributed by atoms with Crippen molar-refractivity contribution in [1.82, 2.24) is 20.4 Å². The van der Waals surface area contributed by atoms with Crippen molar-refractivity contribution in [1.29, 1.82) is 0 Å². The van der Waals surface area contributed by atoms with Crippen LogP contribution in [0.1, 0.15) is 22.1 Å². The van der Waals surface area contributed by atoms with Gasteiger partial charge >= 0.3 is 0 Å². The number of carbonyl (C=O) groups is 1. The molecule has 29 heavy (non-hydrogen) atoms. The molecule has 0 aliphatic rings. The van der Waals surface area contributed by atoms with E-state index in [1.165, 1.54) is 17.8 Å². The number of amides is 1. The van der Waals surface area contributed by atoms with E-state index in [1.54, 1.807) is 54.9 Å². The number of nitrogens with zero attached hydrogens (tertiary/aromatic N) is 3. The molecule has 4 rings (SSSR count). The highest BCUT2D eigenvalue weighted by atomic mass is 32.2. The van der Waals surface area contributed by atoms with Crippen molar-refractivity contribution in [3.05, 3.63) is 84.0 Å². The second-order valence-corrected chi connectivity index (χ2v) is 6.87. The minimum atomic E-state index is -0.390. The van der Waals surface area contributed by atoms with Crippen LogP contribution in [0.25, 0.3) is 11.3 Å². The molecular weight excluding hydrogens is 395 g/mol. The summed E-state index contributed by atoms with van der Waals surface area (Å²) in [6.45, 7) is 0.100. The van der Waals surface area contributed by atoms with E-state index in [0.717, 1.165) is 0 Å². The number of benzene rings is 1. The summed E-state index contributed by atoms with van der Waals surface area (Å²) in [5.41, 5.74) is 0.706. The summed E-state index contributed by atoms with van der Waals surface area (Å²) in [6.07, 6.45) is 3.33. The minimum Gasteiger partial charge on any atom is -0.455 e. The van der Waals surface area contributed by atoms with Gasteiger partial charge in [-0.15, -0.1) is 0 Å². The normalized spacial score (nSPS) is 10.8. The zero-order valence-electron chi connectivity index (χ0n) is 15.0. The fraction of sp³-hybridized carbons (Fsp3) is 0.100. The lowest BCUT2D eigenvalue weighted by Gasteiger charge is -2.00. The van der Waals surface area contributed by atoms with Crippen LogP contribution >= 0.6 is 11.8 Å². The SMILES string of the molecule is O=C(NCc1cc(-c2ccccc2F)no1)c1ccc(CSc2ncccn2)o1. The summed E-state index contributed by atoms with van der Waals surface area (Å²) in [7, 11) is 0. The maximum Gasteiger partial charge on any atom is 0.287 e. The second kappa shape index (κ2) is 8.70. The van der Waals surface area contributed by atoms with Crippen LogP contribution in [0.4, 0.5) is 4.39 Å². The Labute approximate surface area is 169 Å². The second-order valence-electron chi connectivity index (χ2n) is 5.93. The molecule has 0 fully saturated rings. The van der Waals surface area contributed by atoms with Gasteiger partial charge in [0, 0.05) is 24.0 Å². The molecule has 0 spiro atoms. The van der Waals surface area contributed by atoms with E-state index >= 15 is 0 Å². The topological polar surface area (TPSA) is 94.1 Å². The molecule has 3 aromatic heterocycles. The Bertz CT molecular complexity index is 1110. The van der Waals surface area contributed by atoms with Gasteiger partial charge in [-0.2, -0.15) is 0 Å². The minimum absolute atomic E-state index is 0.100. The Morgan fingerprint density at radius 1 is 1.07 bits per heavy atom. The van der Waals surface area contributed by atoms with Crippen LogP contribution in [-0.2, 0) is 12.3 Å². The first kappa shape index (κ1) is 18.9. The molecule has 1 N–H and O–H groups in total. The lowest BCUT2D eigenvalue weighted by molar-refractivity contribution is 0.0918. The van der Waals surface area contributed by atoms with Crippen LogP contribution in [0.15, 0.2) is 75.0 Å². The van der Waals surface area contributed by atoms with Gasteiger partial charge in [0.05, 0.1) is 12.3 Å². The number of nitrogens with one attached hydrogen (secondary N) is 1. The van der Waals surface area contributed by atoms with Crippen molar-refractivity contribution in [2.24, 2.45) is 0 Å². The summed E-state index contributed by atoms with van der Waals surface area (Å²) in [5.74, 6) is 0.947. The highest BCUT2D eigenvalue weighted by Gasteiger charge is 2.14. The number of carbonyl (C=O) groups excluding carboxylic acids is 1. The fourth-order valence-electron chi connectivity index (χ4n) is 2.52. The van der Waals surface area contributed by atoms with Crippen LogP contribution in [0.2, 0.25) is 0 Å². The van der Waals surface area contributed by atoms with E-state index in [0.29, 0.717) is 33.7 Å². The Kier molecular flexibility index (Phi) is 5.66. The molecule has 0 bridgehead atoms. The fourth-order valence-corrected chi connectivity index (χ4v) is 3.22. The van der Waals surface area contributed by atoms with Crippen LogP contribution in [0, 0.1) is 5.82 Å². The van der Waals surface area contributed by atoms with Gasteiger partial charge in [0.2, 0.25) is 0 Å². The predicted molar refractivity (Wildman–Crippen MR) is 103 cm³/mol. The number of hydrogen-bond acceptors (Lipinski definition) is 7. The van der Waals surface area contributed by atoms with Gasteiger partial charge in [0.25, 0.3) is 5.91 Å². The molecule has 0 atom stereocenters. The van der Waals surface area contributed by atoms with Crippen LogP contribution in [-0.4, -0.2) is 21.0 Å². The summed E-state index contributed by atoms with van der Waals surface area (Å²) < 4.78 is 24.6. The summed E-state index contributed by atoms with van der Waals surface area (Å²) >= 11 is 1.41. The van der Waals surface area contributed by atoms with Gasteiger partial charge in [0.15, 0.2) is 16.7 Å². The van der Waals surface area contributed by atoms with Gasteiger partial charge in [-0.3, -0.25) is 4.79 Å². The first-order chi connectivity index (χ1) is 14.2. The molecule has 0 unspecified atom stereocenters. The third-order valence-corrected chi connectivity index (χ3v) is 4.80. The Morgan fingerprint density at radius 2 is 1.90 bits per heavy atom. The molecular formula is C20H15FN4O3S. The maximum absolute atomic E-state index is 13.8. The van der Waals surface area contributed by atoms with Gasteiger partial charge < -0.3 is 14.3 Å². The first-order valence-corrected chi connectivity index (χ1v) is 9.65. The summed E-state index contributed by atoms with van der Waals surface area (Å²) in [4.78, 5) is 20.5. The molecule has 146 valence electrons. The van der Waals surface area contributed by atoms with Crippen molar-refractivity contribution in [3.63, 3.8) is 0 Å². The predicted octanol–water partition coefficient (Wildman–Crippen LogP) is 4.09. The number of halogens is 1. The molecule has 0 radical (unpaired) electrons. The third-order valence-electron chi connectivity index (χ3n) is 3.90. The van der Waals surface area contributed by atoms with E-state index in [9.17, 15) is 9.18 Å². The van der Waals surface area contributed by atoms with E-state index in [4.69, 9.17) is 8.94 Å². The Morgan fingerprint density at radius 3 is 2.72 bits per heavy atom. The molecule has 9 heteroatoms. The van der Waals surface area contributed by atoms with E-state index in [2.05, 4.69) is 20.4 Å². The quantitative estimate of drug-likeness (QED) is 0.362. The standard InChI is InChI=1S/C20H15FN4O3S/c21-16-5-2-1-4-15(16)17-10-14(28-25-17)11-24-19(26)18-7-6-13(27-18)12-29-20-22-8-3-9-23-20/h1-10H,11-12H2,(H,24,26). The van der Waals surface area contributed by atoms with E-state index < -0.39 is 5.82 Å². The van der Waals surface area contributed by atoms with Gasteiger partial charge in [-0.25, -0.2) is 14.4 Å². The lowest BCUT2D eigenvalue weighted by Crippen LogP contribution is -2.21. The van der Waals surface area contributed by atoms with Gasteiger partial charge in [-0.05, 0) is 30.3 Å². The number of thioether (sulfide) groups is 1. The number of aromatic nitrogens is 3. The van der Waals surface area contributed by atoms with Crippen molar-refractivity contribution < 1.29 is 18.1 Å². The summed E-state index contributed by atoms with van der Waals surface area (Å²) in [5, 5.41) is 7.17. The molecule has 4 aromatic rings. The average molecular weight is 410 g/mol. The highest BCUT2D eigenvalue weighted by Crippen LogP contribution is 2.22. The van der Waals surface area contributed by atoms with Gasteiger partial charge in [0.1, 0.15) is 17.3 Å². The number of rotatable bonds is 7. The van der Waals surface area contributed by atoms with Gasteiger partial charge in [-0.1, -0.05) is 29.1 Å². The van der Waals surface area contributed by atoms with Crippen LogP contribution in [0.5, 0.6) is 0 Å². The van der Waals surface area contributed by atoms with Crippen LogP contribution < -0.4 is 5.32 Å². The molecule has 1 amide bonds. The van der Waals surface area contributed by atoms with E-state index in [-0.39, 0.29) is 18.2 Å². The van der Waals surface area contributed by atoms with Crippen molar-refractivity contribution in [2.45, 2.75) is 17.5 Å². The zero-order valence-corrected chi connectivity index (χ0v) is 15.9. The maximum atomic E-state index is 13.8. The average Bonchev–Trinajstić information content (AvgIpc) is 3.41. The number of hydrogen-bond donors (Lipinski definition) is 1. The number of furan rings is 1. The Hall–Kier alpha value is -3.46. The third kappa shape index (κ3) is 4.69. The molecule has 0 saturated carbocycles. The molecule has 0 aliphatic heterocycles. The van der Waals surface area contributed by atoms with Crippen LogP contribution in [0.3, 0.4) is 0 Å². The van der Waals surface area contributed by atoms with E-state index in [1.807, 2.05) is 0 Å². The smallest absolute Gasteiger partial charge is 0.287 e. The zero-order chi connectivity index (χ0) is 20.1. The molecule has 3 heterocycles. The molecule has 0 aliphatic carbocycles. The van der Waals surface area contributed by atoms with Crippen molar-refractivity contribution >= 4 is 17.7 Å². The first-order valence-electron chi connectivity index (χ1n) is 8.66. The van der Waals surface area contributed by atoms with Crippen molar-refractivity contribution in [3.8, 4) is 11.3 Å². The largest absolute Gasteiger partial charge is 0.455 e. The highest BCUT2D eigenvalue weighted by molar-refractivity contribution is 7.98. The van der Waals surface area contributed by atoms with Crippen molar-refractivity contribution in [2.75, 3.05) is 0 Å². The molecule has 1 aromatic carbocycles.